The number of hydrogen-bond donors (Lipinski definition) is 0. The lowest BCUT2D eigenvalue weighted by Crippen LogP contribution is -2.33. The third-order valence-corrected chi connectivity index (χ3v) is 6.37. The highest BCUT2D eigenvalue weighted by Crippen LogP contribution is 2.41. The van der Waals surface area contributed by atoms with Crippen LogP contribution in [0, 0.1) is 5.82 Å². The summed E-state index contributed by atoms with van der Waals surface area (Å²) in [5.41, 5.74) is 0.877. The van der Waals surface area contributed by atoms with Gasteiger partial charge in [-0.15, -0.1) is 0 Å². The maximum Gasteiger partial charge on any atom is 0.327 e. The van der Waals surface area contributed by atoms with E-state index in [2.05, 4.69) is 0 Å². The number of benzene rings is 3. The number of anilines is 1. The lowest BCUT2D eigenvalue weighted by Gasteiger charge is -2.17. The minimum absolute atomic E-state index is 0.0871. The van der Waals surface area contributed by atoms with Gasteiger partial charge in [0.15, 0.2) is 11.6 Å². The number of esters is 1. The van der Waals surface area contributed by atoms with E-state index in [4.69, 9.17) is 9.47 Å². The molecule has 0 atom stereocenters. The number of ether oxygens (including phenoxy) is 2. The van der Waals surface area contributed by atoms with Crippen LogP contribution >= 0.6 is 0 Å². The zero-order valence-electron chi connectivity index (χ0n) is 14.9. The maximum absolute atomic E-state index is 13.7. The molecule has 3 aromatic carbocycles. The number of sulfonamides is 1. The summed E-state index contributed by atoms with van der Waals surface area (Å²) < 4.78 is 50.5. The summed E-state index contributed by atoms with van der Waals surface area (Å²) in [6, 6.07) is 14.4. The highest BCUT2D eigenvalue weighted by molar-refractivity contribution is 7.93. The van der Waals surface area contributed by atoms with Crippen molar-refractivity contribution in [2.24, 2.45) is 0 Å². The van der Waals surface area contributed by atoms with Crippen molar-refractivity contribution in [1.29, 1.82) is 0 Å². The Labute approximate surface area is 161 Å². The molecular weight excluding hydrogens is 385 g/mol. The van der Waals surface area contributed by atoms with Gasteiger partial charge >= 0.3 is 5.97 Å². The monoisotopic (exact) mass is 401 g/mol. The van der Waals surface area contributed by atoms with Crippen LogP contribution in [-0.2, 0) is 26.2 Å². The minimum atomic E-state index is -3.84. The van der Waals surface area contributed by atoms with E-state index >= 15 is 0 Å². The van der Waals surface area contributed by atoms with Crippen molar-refractivity contribution >= 4 is 32.5 Å². The Morgan fingerprint density at radius 3 is 2.57 bits per heavy atom. The van der Waals surface area contributed by atoms with Gasteiger partial charge in [0.1, 0.15) is 13.2 Å². The average Bonchev–Trinajstić information content (AvgIpc) is 2.90. The fourth-order valence-corrected chi connectivity index (χ4v) is 4.91. The number of nitrogens with zero attached hydrogens (tertiary/aromatic N) is 1. The number of halogens is 1. The van der Waals surface area contributed by atoms with Crippen molar-refractivity contribution in [2.45, 2.75) is 11.5 Å². The van der Waals surface area contributed by atoms with Crippen molar-refractivity contribution in [2.75, 3.05) is 18.0 Å². The van der Waals surface area contributed by atoms with E-state index in [0.717, 1.165) is 9.69 Å². The fourth-order valence-electron chi connectivity index (χ4n) is 3.25. The summed E-state index contributed by atoms with van der Waals surface area (Å²) in [6.45, 7) is -0.639. The van der Waals surface area contributed by atoms with Gasteiger partial charge in [-0.05, 0) is 35.2 Å². The van der Waals surface area contributed by atoms with E-state index in [-0.39, 0.29) is 17.3 Å². The van der Waals surface area contributed by atoms with Crippen LogP contribution in [0.15, 0.2) is 59.5 Å². The van der Waals surface area contributed by atoms with Gasteiger partial charge in [-0.1, -0.05) is 30.3 Å². The van der Waals surface area contributed by atoms with Crippen LogP contribution in [0.2, 0.25) is 0 Å². The van der Waals surface area contributed by atoms with Crippen molar-refractivity contribution in [3.05, 3.63) is 66.0 Å². The van der Waals surface area contributed by atoms with Crippen LogP contribution in [0.1, 0.15) is 5.56 Å². The summed E-state index contributed by atoms with van der Waals surface area (Å²) in [5.74, 6) is -1.21. The van der Waals surface area contributed by atoms with E-state index in [9.17, 15) is 17.6 Å². The van der Waals surface area contributed by atoms with E-state index in [1.54, 1.807) is 24.3 Å². The first kappa shape index (κ1) is 18.2. The van der Waals surface area contributed by atoms with Crippen LogP contribution in [0.5, 0.6) is 5.75 Å². The summed E-state index contributed by atoms with van der Waals surface area (Å²) in [5, 5.41) is 1.37. The normalized spacial score (nSPS) is 14.3. The Morgan fingerprint density at radius 2 is 1.86 bits per heavy atom. The first-order chi connectivity index (χ1) is 13.4. The quantitative estimate of drug-likeness (QED) is 0.614. The molecule has 0 amide bonds. The van der Waals surface area contributed by atoms with E-state index in [1.807, 2.05) is 12.1 Å². The zero-order chi connectivity index (χ0) is 19.9. The summed E-state index contributed by atoms with van der Waals surface area (Å²) in [7, 11) is -2.48. The molecule has 0 radical (unpaired) electrons. The van der Waals surface area contributed by atoms with E-state index in [1.165, 1.54) is 25.3 Å². The molecule has 0 aliphatic carbocycles. The second-order valence-corrected chi connectivity index (χ2v) is 8.10. The molecule has 0 spiro atoms. The van der Waals surface area contributed by atoms with Crippen molar-refractivity contribution < 1.29 is 27.1 Å². The van der Waals surface area contributed by atoms with Gasteiger partial charge < -0.3 is 9.47 Å². The van der Waals surface area contributed by atoms with Gasteiger partial charge in [0, 0.05) is 5.39 Å². The van der Waals surface area contributed by atoms with Crippen LogP contribution in [0.3, 0.4) is 0 Å². The van der Waals surface area contributed by atoms with Crippen LogP contribution in [-0.4, -0.2) is 28.0 Å². The molecule has 0 unspecified atom stereocenters. The van der Waals surface area contributed by atoms with E-state index in [0.29, 0.717) is 16.6 Å². The highest BCUT2D eigenvalue weighted by Gasteiger charge is 2.36. The van der Waals surface area contributed by atoms with Gasteiger partial charge in [-0.2, -0.15) is 0 Å². The lowest BCUT2D eigenvalue weighted by atomic mass is 10.1. The highest BCUT2D eigenvalue weighted by atomic mass is 32.2. The van der Waals surface area contributed by atoms with Gasteiger partial charge in [-0.3, -0.25) is 9.10 Å². The van der Waals surface area contributed by atoms with Gasteiger partial charge in [0.05, 0.1) is 17.7 Å². The molecule has 1 heterocycles. The Morgan fingerprint density at radius 1 is 1.11 bits per heavy atom. The fraction of sp³-hybridized carbons (Fsp3) is 0.150. The molecule has 0 bridgehead atoms. The molecule has 3 aromatic rings. The first-order valence-corrected chi connectivity index (χ1v) is 9.88. The third kappa shape index (κ3) is 2.95. The van der Waals surface area contributed by atoms with Crippen LogP contribution in [0.4, 0.5) is 10.1 Å². The Balaban J connectivity index is 1.53. The standard InChI is InChI=1S/C20H16FNO5S/c1-26-17-9-8-13(10-15(17)21)12-27-19(23)11-22-16-6-2-4-14-5-3-7-18(20(14)16)28(22,24)25/h2-10H,11-12H2,1H3. The first-order valence-electron chi connectivity index (χ1n) is 8.44. The molecule has 0 aromatic heterocycles. The second-order valence-electron chi connectivity index (χ2n) is 6.27. The van der Waals surface area contributed by atoms with Crippen molar-refractivity contribution in [1.82, 2.24) is 0 Å². The summed E-state index contributed by atoms with van der Waals surface area (Å²) in [6.07, 6.45) is 0. The molecule has 28 heavy (non-hydrogen) atoms. The summed E-state index contributed by atoms with van der Waals surface area (Å²) >= 11 is 0. The predicted octanol–water partition coefficient (Wildman–Crippen LogP) is 3.24. The largest absolute Gasteiger partial charge is 0.494 e. The third-order valence-electron chi connectivity index (χ3n) is 4.57. The molecule has 8 heteroatoms. The van der Waals surface area contributed by atoms with Gasteiger partial charge in [0.2, 0.25) is 0 Å². The Kier molecular flexibility index (Phi) is 4.43. The smallest absolute Gasteiger partial charge is 0.327 e. The molecule has 1 aliphatic rings. The van der Waals surface area contributed by atoms with Crippen molar-refractivity contribution in [3.63, 3.8) is 0 Å². The maximum atomic E-state index is 13.7. The number of carbonyl (C=O) groups is 1. The van der Waals surface area contributed by atoms with Crippen LogP contribution in [0.25, 0.3) is 10.8 Å². The van der Waals surface area contributed by atoms with Crippen LogP contribution < -0.4 is 9.04 Å². The molecule has 4 rings (SSSR count). The Hall–Kier alpha value is -3.13. The topological polar surface area (TPSA) is 72.9 Å². The molecule has 6 nitrogen and oxygen atoms in total. The number of carbonyl (C=O) groups excluding carboxylic acids is 1. The lowest BCUT2D eigenvalue weighted by molar-refractivity contribution is -0.143. The zero-order valence-corrected chi connectivity index (χ0v) is 15.7. The molecule has 0 N–H and O–H groups in total. The number of hydrogen-bond acceptors (Lipinski definition) is 5. The predicted molar refractivity (Wildman–Crippen MR) is 101 cm³/mol. The second kappa shape index (κ2) is 6.79. The average molecular weight is 401 g/mol. The van der Waals surface area contributed by atoms with Crippen molar-refractivity contribution in [3.8, 4) is 5.75 Å². The molecule has 144 valence electrons. The number of methoxy groups -OCH3 is 1. The van der Waals surface area contributed by atoms with Gasteiger partial charge in [0.25, 0.3) is 10.0 Å². The molecular formula is C20H16FNO5S. The van der Waals surface area contributed by atoms with E-state index < -0.39 is 28.4 Å². The molecule has 0 saturated carbocycles. The summed E-state index contributed by atoms with van der Waals surface area (Å²) in [4.78, 5) is 12.5. The molecule has 0 saturated heterocycles. The Bertz CT molecular complexity index is 1190. The molecule has 1 aliphatic heterocycles. The number of rotatable bonds is 5. The van der Waals surface area contributed by atoms with Gasteiger partial charge in [-0.25, -0.2) is 12.8 Å². The molecule has 0 fully saturated rings. The minimum Gasteiger partial charge on any atom is -0.494 e. The SMILES string of the molecule is COc1ccc(COC(=O)CN2c3cccc4cccc(c34)S2(=O)=O)cc1F.